The SMILES string of the molecule is CCNC(Cc1cccc(O)c1)c1ccn(C)n1. The Labute approximate surface area is 107 Å². The van der Waals surface area contributed by atoms with Crippen molar-refractivity contribution in [2.24, 2.45) is 7.05 Å². The van der Waals surface area contributed by atoms with Gasteiger partial charge in [0.05, 0.1) is 11.7 Å². The Balaban J connectivity index is 2.16. The Kier molecular flexibility index (Phi) is 3.99. The van der Waals surface area contributed by atoms with Gasteiger partial charge in [0.25, 0.3) is 0 Å². The maximum absolute atomic E-state index is 9.49. The molecule has 0 saturated heterocycles. The molecule has 0 bridgehead atoms. The first-order valence-electron chi connectivity index (χ1n) is 6.20. The van der Waals surface area contributed by atoms with Gasteiger partial charge < -0.3 is 10.4 Å². The molecular weight excluding hydrogens is 226 g/mol. The molecule has 0 aliphatic rings. The molecule has 1 atom stereocenters. The first-order valence-corrected chi connectivity index (χ1v) is 6.20. The Morgan fingerprint density at radius 1 is 1.39 bits per heavy atom. The van der Waals surface area contributed by atoms with Crippen molar-refractivity contribution in [3.63, 3.8) is 0 Å². The standard InChI is InChI=1S/C14H19N3O/c1-3-15-14(13-7-8-17(2)16-13)10-11-5-4-6-12(18)9-11/h4-9,14-15,18H,3,10H2,1-2H3. The third kappa shape index (κ3) is 3.11. The minimum atomic E-state index is 0.179. The van der Waals surface area contributed by atoms with Crippen LogP contribution in [0.3, 0.4) is 0 Å². The zero-order valence-corrected chi connectivity index (χ0v) is 10.8. The van der Waals surface area contributed by atoms with E-state index in [0.717, 1.165) is 24.2 Å². The molecule has 1 heterocycles. The number of hydrogen-bond donors (Lipinski definition) is 2. The van der Waals surface area contributed by atoms with Crippen LogP contribution in [0.5, 0.6) is 5.75 Å². The van der Waals surface area contributed by atoms with Gasteiger partial charge in [0, 0.05) is 13.2 Å². The number of nitrogens with zero attached hydrogens (tertiary/aromatic N) is 2. The maximum Gasteiger partial charge on any atom is 0.115 e. The quantitative estimate of drug-likeness (QED) is 0.847. The molecule has 2 N–H and O–H groups in total. The molecule has 4 heteroatoms. The lowest BCUT2D eigenvalue weighted by Gasteiger charge is -2.15. The van der Waals surface area contributed by atoms with E-state index in [-0.39, 0.29) is 6.04 Å². The van der Waals surface area contributed by atoms with Gasteiger partial charge in [-0.3, -0.25) is 4.68 Å². The lowest BCUT2D eigenvalue weighted by Crippen LogP contribution is -2.23. The molecule has 2 aromatic rings. The molecule has 0 aliphatic carbocycles. The largest absolute Gasteiger partial charge is 0.508 e. The normalized spacial score (nSPS) is 12.6. The summed E-state index contributed by atoms with van der Waals surface area (Å²) in [4.78, 5) is 0. The Hall–Kier alpha value is -1.81. The van der Waals surface area contributed by atoms with Gasteiger partial charge in [-0.2, -0.15) is 5.10 Å². The smallest absolute Gasteiger partial charge is 0.115 e. The summed E-state index contributed by atoms with van der Waals surface area (Å²) in [5.74, 6) is 0.309. The lowest BCUT2D eigenvalue weighted by molar-refractivity contribution is 0.472. The number of nitrogens with one attached hydrogen (secondary N) is 1. The molecule has 2 rings (SSSR count). The third-order valence-corrected chi connectivity index (χ3v) is 2.89. The molecule has 0 saturated carbocycles. The van der Waals surface area contributed by atoms with Crippen molar-refractivity contribution >= 4 is 0 Å². The van der Waals surface area contributed by atoms with Gasteiger partial charge in [-0.05, 0) is 36.7 Å². The molecule has 1 aromatic carbocycles. The first-order chi connectivity index (χ1) is 8.69. The number of likely N-dealkylation sites (N-methyl/N-ethyl adjacent to an activating group) is 1. The van der Waals surface area contributed by atoms with E-state index in [2.05, 4.69) is 17.3 Å². The topological polar surface area (TPSA) is 50.1 Å². The van der Waals surface area contributed by atoms with Gasteiger partial charge in [0.15, 0.2) is 0 Å². The predicted octanol–water partition coefficient (Wildman–Crippen LogP) is 2.02. The highest BCUT2D eigenvalue weighted by molar-refractivity contribution is 5.28. The van der Waals surface area contributed by atoms with Gasteiger partial charge >= 0.3 is 0 Å². The van der Waals surface area contributed by atoms with E-state index < -0.39 is 0 Å². The summed E-state index contributed by atoms with van der Waals surface area (Å²) in [5, 5.41) is 17.4. The highest BCUT2D eigenvalue weighted by atomic mass is 16.3. The average molecular weight is 245 g/mol. The molecule has 0 aliphatic heterocycles. The molecular formula is C14H19N3O. The fourth-order valence-corrected chi connectivity index (χ4v) is 2.07. The predicted molar refractivity (Wildman–Crippen MR) is 71.4 cm³/mol. The second-order valence-corrected chi connectivity index (χ2v) is 4.40. The molecule has 1 unspecified atom stereocenters. The van der Waals surface area contributed by atoms with Crippen LogP contribution in [0.15, 0.2) is 36.5 Å². The van der Waals surface area contributed by atoms with Gasteiger partial charge in [-0.25, -0.2) is 0 Å². The maximum atomic E-state index is 9.49. The minimum absolute atomic E-state index is 0.179. The van der Waals surface area contributed by atoms with Crippen molar-refractivity contribution in [1.29, 1.82) is 0 Å². The monoisotopic (exact) mass is 245 g/mol. The molecule has 0 radical (unpaired) electrons. The zero-order chi connectivity index (χ0) is 13.0. The average Bonchev–Trinajstić information content (AvgIpc) is 2.75. The van der Waals surface area contributed by atoms with Gasteiger partial charge in [0.2, 0.25) is 0 Å². The zero-order valence-electron chi connectivity index (χ0n) is 10.8. The minimum Gasteiger partial charge on any atom is -0.508 e. The first kappa shape index (κ1) is 12.6. The number of rotatable bonds is 5. The molecule has 96 valence electrons. The summed E-state index contributed by atoms with van der Waals surface area (Å²) in [5.41, 5.74) is 2.13. The van der Waals surface area contributed by atoms with Crippen LogP contribution in [0.2, 0.25) is 0 Å². The van der Waals surface area contributed by atoms with E-state index in [1.54, 1.807) is 12.1 Å². The van der Waals surface area contributed by atoms with E-state index in [1.165, 1.54) is 0 Å². The highest BCUT2D eigenvalue weighted by Crippen LogP contribution is 2.19. The van der Waals surface area contributed by atoms with E-state index >= 15 is 0 Å². The Bertz CT molecular complexity index is 507. The van der Waals surface area contributed by atoms with Gasteiger partial charge in [-0.1, -0.05) is 19.1 Å². The van der Waals surface area contributed by atoms with E-state index in [9.17, 15) is 5.11 Å². The van der Waals surface area contributed by atoms with Gasteiger partial charge in [0.1, 0.15) is 5.75 Å². The summed E-state index contributed by atoms with van der Waals surface area (Å²) in [7, 11) is 1.92. The number of hydrogen-bond acceptors (Lipinski definition) is 3. The Morgan fingerprint density at radius 2 is 2.22 bits per heavy atom. The van der Waals surface area contributed by atoms with Crippen LogP contribution in [0, 0.1) is 0 Å². The van der Waals surface area contributed by atoms with E-state index in [0.29, 0.717) is 5.75 Å². The van der Waals surface area contributed by atoms with Crippen LogP contribution in [0.1, 0.15) is 24.2 Å². The summed E-state index contributed by atoms with van der Waals surface area (Å²) < 4.78 is 1.81. The van der Waals surface area contributed by atoms with Crippen LogP contribution < -0.4 is 5.32 Å². The van der Waals surface area contributed by atoms with Crippen molar-refractivity contribution in [1.82, 2.24) is 15.1 Å². The fraction of sp³-hybridized carbons (Fsp3) is 0.357. The second-order valence-electron chi connectivity index (χ2n) is 4.40. The van der Waals surface area contributed by atoms with E-state index in [1.807, 2.05) is 36.1 Å². The molecule has 18 heavy (non-hydrogen) atoms. The molecule has 0 spiro atoms. The summed E-state index contributed by atoms with van der Waals surface area (Å²) in [6.07, 6.45) is 2.77. The molecule has 0 fully saturated rings. The summed E-state index contributed by atoms with van der Waals surface area (Å²) >= 11 is 0. The van der Waals surface area contributed by atoms with Crippen molar-refractivity contribution < 1.29 is 5.11 Å². The van der Waals surface area contributed by atoms with Crippen LogP contribution in [0.4, 0.5) is 0 Å². The van der Waals surface area contributed by atoms with Gasteiger partial charge in [-0.15, -0.1) is 0 Å². The van der Waals surface area contributed by atoms with Crippen molar-refractivity contribution in [3.05, 3.63) is 47.8 Å². The van der Waals surface area contributed by atoms with Crippen LogP contribution in [0.25, 0.3) is 0 Å². The summed E-state index contributed by atoms with van der Waals surface area (Å²) in [6.45, 7) is 2.97. The lowest BCUT2D eigenvalue weighted by atomic mass is 10.0. The van der Waals surface area contributed by atoms with Crippen molar-refractivity contribution in [2.45, 2.75) is 19.4 Å². The second kappa shape index (κ2) is 5.69. The number of phenolic OH excluding ortho intramolecular Hbond substituents is 1. The molecule has 1 aromatic heterocycles. The Morgan fingerprint density at radius 3 is 2.83 bits per heavy atom. The highest BCUT2D eigenvalue weighted by Gasteiger charge is 2.13. The molecule has 0 amide bonds. The number of aromatic nitrogens is 2. The van der Waals surface area contributed by atoms with Crippen LogP contribution in [-0.4, -0.2) is 21.4 Å². The van der Waals surface area contributed by atoms with E-state index in [4.69, 9.17) is 0 Å². The van der Waals surface area contributed by atoms with Crippen LogP contribution >= 0.6 is 0 Å². The molecule has 4 nitrogen and oxygen atoms in total. The number of aromatic hydroxyl groups is 1. The number of benzene rings is 1. The van der Waals surface area contributed by atoms with Crippen molar-refractivity contribution in [2.75, 3.05) is 6.54 Å². The summed E-state index contributed by atoms with van der Waals surface area (Å²) in [6, 6.07) is 9.58. The third-order valence-electron chi connectivity index (χ3n) is 2.89. The number of phenols is 1. The van der Waals surface area contributed by atoms with Crippen LogP contribution in [-0.2, 0) is 13.5 Å². The van der Waals surface area contributed by atoms with Crippen molar-refractivity contribution in [3.8, 4) is 5.75 Å². The fourth-order valence-electron chi connectivity index (χ4n) is 2.07. The number of aryl methyl sites for hydroxylation is 1.